The highest BCUT2D eigenvalue weighted by molar-refractivity contribution is 6.58. The Hall–Kier alpha value is -1.27. The predicted molar refractivity (Wildman–Crippen MR) is 70.6 cm³/mol. The summed E-state index contributed by atoms with van der Waals surface area (Å²) in [5, 5.41) is 18.7. The average Bonchev–Trinajstić information content (AvgIpc) is 2.33. The van der Waals surface area contributed by atoms with Crippen molar-refractivity contribution in [3.05, 3.63) is 46.6 Å². The van der Waals surface area contributed by atoms with Gasteiger partial charge in [0.1, 0.15) is 5.75 Å². The van der Waals surface area contributed by atoms with Crippen LogP contribution in [0.15, 0.2) is 36.5 Å². The van der Waals surface area contributed by atoms with Crippen LogP contribution in [0.5, 0.6) is 11.6 Å². The number of halogens is 2. The molecule has 4 nitrogen and oxygen atoms in total. The lowest BCUT2D eigenvalue weighted by Gasteiger charge is -2.07. The summed E-state index contributed by atoms with van der Waals surface area (Å²) in [6.45, 7) is 0. The molecule has 1 aromatic carbocycles. The summed E-state index contributed by atoms with van der Waals surface area (Å²) in [5.41, 5.74) is 0.282. The second-order valence-corrected chi connectivity index (χ2v) is 4.32. The van der Waals surface area contributed by atoms with Crippen molar-refractivity contribution in [1.29, 1.82) is 0 Å². The Morgan fingerprint density at radius 3 is 2.44 bits per heavy atom. The van der Waals surface area contributed by atoms with Gasteiger partial charge in [-0.3, -0.25) is 0 Å². The molecular weight excluding hydrogens is 276 g/mol. The topological polar surface area (TPSA) is 62.6 Å². The van der Waals surface area contributed by atoms with Gasteiger partial charge in [-0.25, -0.2) is 4.98 Å². The van der Waals surface area contributed by atoms with Crippen molar-refractivity contribution in [2.75, 3.05) is 0 Å². The Kier molecular flexibility index (Phi) is 4.09. The first-order chi connectivity index (χ1) is 8.56. The van der Waals surface area contributed by atoms with Crippen molar-refractivity contribution in [2.24, 2.45) is 0 Å². The normalized spacial score (nSPS) is 10.2. The molecule has 1 aromatic heterocycles. The van der Waals surface area contributed by atoms with Crippen LogP contribution in [0.25, 0.3) is 0 Å². The van der Waals surface area contributed by atoms with Crippen LogP contribution in [0.3, 0.4) is 0 Å². The molecule has 18 heavy (non-hydrogen) atoms. The van der Waals surface area contributed by atoms with E-state index >= 15 is 0 Å². The van der Waals surface area contributed by atoms with Gasteiger partial charge in [-0.05, 0) is 18.2 Å². The fraction of sp³-hybridized carbons (Fsp3) is 0. The molecule has 2 aromatic rings. The number of hydrogen-bond acceptors (Lipinski definition) is 4. The van der Waals surface area contributed by atoms with E-state index in [1.54, 1.807) is 18.2 Å². The van der Waals surface area contributed by atoms with Gasteiger partial charge in [-0.1, -0.05) is 29.3 Å². The molecule has 1 heterocycles. The lowest BCUT2D eigenvalue weighted by atomic mass is 9.82. The lowest BCUT2D eigenvalue weighted by molar-refractivity contribution is 0.425. The van der Waals surface area contributed by atoms with Crippen molar-refractivity contribution in [3.63, 3.8) is 0 Å². The molecule has 0 radical (unpaired) electrons. The van der Waals surface area contributed by atoms with E-state index in [2.05, 4.69) is 4.98 Å². The van der Waals surface area contributed by atoms with Gasteiger partial charge >= 0.3 is 7.12 Å². The maximum absolute atomic E-state index is 8.92. The summed E-state index contributed by atoms with van der Waals surface area (Å²) in [5.74, 6) is 0.717. The summed E-state index contributed by atoms with van der Waals surface area (Å²) in [4.78, 5) is 3.92. The van der Waals surface area contributed by atoms with Crippen LogP contribution >= 0.6 is 23.2 Å². The molecule has 0 aliphatic carbocycles. The Bertz CT molecular complexity index is 548. The zero-order chi connectivity index (χ0) is 13.1. The molecule has 0 unspecified atom stereocenters. The monoisotopic (exact) mass is 283 g/mol. The van der Waals surface area contributed by atoms with Gasteiger partial charge in [0.25, 0.3) is 0 Å². The van der Waals surface area contributed by atoms with Crippen LogP contribution in [0.2, 0.25) is 10.0 Å². The Morgan fingerprint density at radius 2 is 1.89 bits per heavy atom. The van der Waals surface area contributed by atoms with Crippen LogP contribution < -0.4 is 10.2 Å². The minimum Gasteiger partial charge on any atom is -0.437 e. The number of benzene rings is 1. The third-order valence-corrected chi connectivity index (χ3v) is 2.70. The summed E-state index contributed by atoms with van der Waals surface area (Å²) >= 11 is 11.7. The Morgan fingerprint density at radius 1 is 1.11 bits per heavy atom. The standard InChI is InChI=1S/C11H8BCl2NO3/c13-8-2-3-10(9(14)5-8)18-11-4-1-7(6-15-11)12(16)17/h1-6,16-17H. The van der Waals surface area contributed by atoms with E-state index in [1.165, 1.54) is 18.3 Å². The van der Waals surface area contributed by atoms with Gasteiger partial charge in [0.15, 0.2) is 0 Å². The number of ether oxygens (including phenoxy) is 1. The SMILES string of the molecule is OB(O)c1ccc(Oc2ccc(Cl)cc2Cl)nc1. The smallest absolute Gasteiger partial charge is 0.437 e. The largest absolute Gasteiger partial charge is 0.490 e. The molecule has 0 fully saturated rings. The van der Waals surface area contributed by atoms with Gasteiger partial charge in [0.05, 0.1) is 5.02 Å². The number of rotatable bonds is 3. The second kappa shape index (κ2) is 5.58. The summed E-state index contributed by atoms with van der Waals surface area (Å²) in [6, 6.07) is 7.84. The molecule has 0 atom stereocenters. The van der Waals surface area contributed by atoms with Crippen molar-refractivity contribution in [2.45, 2.75) is 0 Å². The number of nitrogens with zero attached hydrogens (tertiary/aromatic N) is 1. The highest BCUT2D eigenvalue weighted by Crippen LogP contribution is 2.30. The fourth-order valence-corrected chi connectivity index (χ4v) is 1.72. The quantitative estimate of drug-likeness (QED) is 0.844. The number of hydrogen-bond donors (Lipinski definition) is 2. The van der Waals surface area contributed by atoms with Gasteiger partial charge in [0.2, 0.25) is 5.88 Å². The maximum Gasteiger partial charge on any atom is 0.490 e. The van der Waals surface area contributed by atoms with Gasteiger partial charge in [-0.15, -0.1) is 0 Å². The molecule has 0 saturated heterocycles. The van der Waals surface area contributed by atoms with Crippen molar-refractivity contribution >= 4 is 35.8 Å². The molecule has 0 aliphatic rings. The molecule has 7 heteroatoms. The number of aromatic nitrogens is 1. The zero-order valence-corrected chi connectivity index (χ0v) is 10.6. The van der Waals surface area contributed by atoms with Crippen molar-refractivity contribution in [3.8, 4) is 11.6 Å². The van der Waals surface area contributed by atoms with Crippen molar-refractivity contribution in [1.82, 2.24) is 4.98 Å². The van der Waals surface area contributed by atoms with Gasteiger partial charge in [0, 0.05) is 22.7 Å². The first kappa shape index (κ1) is 13.2. The first-order valence-electron chi connectivity index (χ1n) is 5.01. The molecule has 2 rings (SSSR count). The van der Waals surface area contributed by atoms with E-state index in [0.29, 0.717) is 21.7 Å². The summed E-state index contributed by atoms with van der Waals surface area (Å²) in [7, 11) is -1.55. The third-order valence-electron chi connectivity index (χ3n) is 2.17. The van der Waals surface area contributed by atoms with Crippen LogP contribution in [0, 0.1) is 0 Å². The van der Waals surface area contributed by atoms with E-state index in [9.17, 15) is 0 Å². The number of pyridine rings is 1. The molecule has 0 amide bonds. The van der Waals surface area contributed by atoms with Crippen LogP contribution in [-0.2, 0) is 0 Å². The van der Waals surface area contributed by atoms with E-state index in [1.807, 2.05) is 0 Å². The van der Waals surface area contributed by atoms with E-state index in [-0.39, 0.29) is 5.46 Å². The minimum absolute atomic E-state index is 0.282. The summed E-state index contributed by atoms with van der Waals surface area (Å²) in [6.07, 6.45) is 1.31. The zero-order valence-electron chi connectivity index (χ0n) is 9.05. The lowest BCUT2D eigenvalue weighted by Crippen LogP contribution is -2.29. The molecule has 0 spiro atoms. The maximum atomic E-state index is 8.92. The highest BCUT2D eigenvalue weighted by atomic mass is 35.5. The first-order valence-corrected chi connectivity index (χ1v) is 5.77. The fourth-order valence-electron chi connectivity index (χ4n) is 1.28. The van der Waals surface area contributed by atoms with Crippen LogP contribution in [0.4, 0.5) is 0 Å². The van der Waals surface area contributed by atoms with Gasteiger partial charge < -0.3 is 14.8 Å². The predicted octanol–water partition coefficient (Wildman–Crippen LogP) is 1.86. The summed E-state index contributed by atoms with van der Waals surface area (Å²) < 4.78 is 5.43. The molecule has 0 bridgehead atoms. The third kappa shape index (κ3) is 3.14. The highest BCUT2D eigenvalue weighted by Gasteiger charge is 2.11. The Balaban J connectivity index is 2.18. The molecule has 0 saturated carbocycles. The molecule has 0 aliphatic heterocycles. The van der Waals surface area contributed by atoms with E-state index in [0.717, 1.165) is 0 Å². The van der Waals surface area contributed by atoms with Crippen molar-refractivity contribution < 1.29 is 14.8 Å². The van der Waals surface area contributed by atoms with E-state index < -0.39 is 7.12 Å². The molecule has 2 N–H and O–H groups in total. The van der Waals surface area contributed by atoms with E-state index in [4.69, 9.17) is 38.0 Å². The molecule has 92 valence electrons. The minimum atomic E-state index is -1.55. The molecular formula is C11H8BCl2NO3. The van der Waals surface area contributed by atoms with Gasteiger partial charge in [-0.2, -0.15) is 0 Å². The van der Waals surface area contributed by atoms with Crippen LogP contribution in [0.1, 0.15) is 0 Å². The second-order valence-electron chi connectivity index (χ2n) is 3.48. The average molecular weight is 284 g/mol. The van der Waals surface area contributed by atoms with Crippen LogP contribution in [-0.4, -0.2) is 22.2 Å². The Labute approximate surface area is 114 Å².